The summed E-state index contributed by atoms with van der Waals surface area (Å²) in [6.45, 7) is 13.2. The van der Waals surface area contributed by atoms with E-state index in [1.165, 1.54) is 4.90 Å². The Morgan fingerprint density at radius 3 is 2.61 bits per heavy atom. The first-order chi connectivity index (χ1) is 10.7. The second-order valence-electron chi connectivity index (χ2n) is 6.24. The van der Waals surface area contributed by atoms with Gasteiger partial charge in [-0.15, -0.1) is 0 Å². The molecule has 0 unspecified atom stereocenters. The molecule has 0 spiro atoms. The molecule has 6 heteroatoms. The number of allylic oxidation sites excluding steroid dienone is 4. The Morgan fingerprint density at radius 1 is 1.35 bits per heavy atom. The second kappa shape index (κ2) is 6.24. The number of rotatable bonds is 3. The van der Waals surface area contributed by atoms with Crippen molar-refractivity contribution >= 4 is 11.7 Å². The summed E-state index contributed by atoms with van der Waals surface area (Å²) in [6, 6.07) is 0. The first-order valence-electron chi connectivity index (χ1n) is 7.30. The SMILES string of the molecule is C=C/C=C(\C=C)c1nc2c(c(=O)[nH]1)CN(C(=O)OC(C)(C)C)C2. The number of fused-ring (bicyclic) bond motifs is 1. The number of nitrogens with one attached hydrogen (secondary N) is 1. The van der Waals surface area contributed by atoms with E-state index in [-0.39, 0.29) is 18.6 Å². The van der Waals surface area contributed by atoms with E-state index in [0.717, 1.165) is 0 Å². The molecule has 0 radical (unpaired) electrons. The van der Waals surface area contributed by atoms with Gasteiger partial charge in [0.2, 0.25) is 0 Å². The fourth-order valence-corrected chi connectivity index (χ4v) is 2.23. The number of aromatic nitrogens is 2. The van der Waals surface area contributed by atoms with E-state index in [2.05, 4.69) is 23.1 Å². The highest BCUT2D eigenvalue weighted by molar-refractivity contribution is 5.71. The average Bonchev–Trinajstić information content (AvgIpc) is 2.87. The number of carbonyl (C=O) groups excluding carboxylic acids is 1. The summed E-state index contributed by atoms with van der Waals surface area (Å²) < 4.78 is 5.34. The van der Waals surface area contributed by atoms with Crippen LogP contribution < -0.4 is 5.56 Å². The van der Waals surface area contributed by atoms with Gasteiger partial charge in [0, 0.05) is 5.57 Å². The third kappa shape index (κ3) is 3.77. The Balaban J connectivity index is 2.30. The quantitative estimate of drug-likeness (QED) is 0.870. The molecule has 0 aromatic carbocycles. The molecule has 0 aliphatic carbocycles. The predicted molar refractivity (Wildman–Crippen MR) is 88.7 cm³/mol. The molecule has 6 nitrogen and oxygen atoms in total. The van der Waals surface area contributed by atoms with Gasteiger partial charge < -0.3 is 9.72 Å². The Labute approximate surface area is 135 Å². The Kier molecular flexibility index (Phi) is 4.54. The normalized spacial score (nSPS) is 14.4. The third-order valence-electron chi connectivity index (χ3n) is 3.23. The molecule has 122 valence electrons. The minimum atomic E-state index is -0.584. The number of aromatic amines is 1. The topological polar surface area (TPSA) is 75.3 Å². The van der Waals surface area contributed by atoms with Gasteiger partial charge in [0.1, 0.15) is 11.4 Å². The van der Waals surface area contributed by atoms with E-state index in [4.69, 9.17) is 4.74 Å². The van der Waals surface area contributed by atoms with E-state index in [1.54, 1.807) is 39.0 Å². The summed E-state index contributed by atoms with van der Waals surface area (Å²) in [6.07, 6.45) is 4.43. The number of hydrogen-bond donors (Lipinski definition) is 1. The molecule has 1 aliphatic rings. The largest absolute Gasteiger partial charge is 0.444 e. The van der Waals surface area contributed by atoms with Crippen LogP contribution in [0, 0.1) is 0 Å². The van der Waals surface area contributed by atoms with Gasteiger partial charge in [0.25, 0.3) is 5.56 Å². The van der Waals surface area contributed by atoms with Crippen molar-refractivity contribution in [3.8, 4) is 0 Å². The summed E-state index contributed by atoms with van der Waals surface area (Å²) in [5.41, 5.74) is 0.885. The highest BCUT2D eigenvalue weighted by atomic mass is 16.6. The molecule has 23 heavy (non-hydrogen) atoms. The third-order valence-corrected chi connectivity index (χ3v) is 3.23. The predicted octanol–water partition coefficient (Wildman–Crippen LogP) is 2.78. The van der Waals surface area contributed by atoms with Crippen LogP contribution in [0.1, 0.15) is 37.9 Å². The number of amides is 1. The molecule has 1 N–H and O–H groups in total. The molecule has 1 amide bonds. The van der Waals surface area contributed by atoms with Crippen molar-refractivity contribution in [2.45, 2.75) is 39.5 Å². The molecule has 1 aromatic rings. The van der Waals surface area contributed by atoms with Crippen LogP contribution in [-0.4, -0.2) is 26.6 Å². The monoisotopic (exact) mass is 315 g/mol. The lowest BCUT2D eigenvalue weighted by Gasteiger charge is -2.23. The van der Waals surface area contributed by atoms with Crippen LogP contribution in [0.3, 0.4) is 0 Å². The summed E-state index contributed by atoms with van der Waals surface area (Å²) in [7, 11) is 0. The molecule has 0 atom stereocenters. The summed E-state index contributed by atoms with van der Waals surface area (Å²) in [5.74, 6) is 0.412. The van der Waals surface area contributed by atoms with Crippen LogP contribution in [0.25, 0.3) is 5.57 Å². The van der Waals surface area contributed by atoms with Crippen molar-refractivity contribution in [3.05, 3.63) is 58.8 Å². The number of H-pyrrole nitrogens is 1. The zero-order chi connectivity index (χ0) is 17.2. The first-order valence-corrected chi connectivity index (χ1v) is 7.30. The van der Waals surface area contributed by atoms with Crippen LogP contribution in [0.15, 0.2) is 36.2 Å². The standard InChI is InChI=1S/C17H21N3O3/c1-6-8-11(7-2)14-18-13-10-20(9-12(13)15(21)19-14)16(22)23-17(3,4)5/h6-8H,1-2,9-10H2,3-5H3,(H,18,19,21)/b11-8+. The van der Waals surface area contributed by atoms with Crippen molar-refractivity contribution in [2.75, 3.05) is 0 Å². The van der Waals surface area contributed by atoms with Gasteiger partial charge in [-0.1, -0.05) is 31.4 Å². The Bertz CT molecular complexity index is 738. The smallest absolute Gasteiger partial charge is 0.410 e. The molecule has 0 saturated carbocycles. The molecular weight excluding hydrogens is 294 g/mol. The Hall–Kier alpha value is -2.63. The molecule has 2 rings (SSSR count). The van der Waals surface area contributed by atoms with Gasteiger partial charge in [-0.2, -0.15) is 0 Å². The number of ether oxygens (including phenoxy) is 1. The maximum Gasteiger partial charge on any atom is 0.410 e. The zero-order valence-corrected chi connectivity index (χ0v) is 13.7. The first kappa shape index (κ1) is 16.7. The van der Waals surface area contributed by atoms with Crippen molar-refractivity contribution < 1.29 is 9.53 Å². The van der Waals surface area contributed by atoms with E-state index in [0.29, 0.717) is 22.7 Å². The number of carbonyl (C=O) groups is 1. The zero-order valence-electron chi connectivity index (χ0n) is 13.7. The van der Waals surface area contributed by atoms with Gasteiger partial charge in [0.05, 0.1) is 24.3 Å². The fourth-order valence-electron chi connectivity index (χ4n) is 2.23. The molecule has 2 heterocycles. The van der Waals surface area contributed by atoms with Crippen LogP contribution in [0.4, 0.5) is 4.79 Å². The van der Waals surface area contributed by atoms with Crippen molar-refractivity contribution in [2.24, 2.45) is 0 Å². The Morgan fingerprint density at radius 2 is 2.04 bits per heavy atom. The number of hydrogen-bond acceptors (Lipinski definition) is 4. The highest BCUT2D eigenvalue weighted by Crippen LogP contribution is 2.22. The summed E-state index contributed by atoms with van der Waals surface area (Å²) in [4.78, 5) is 33.0. The molecule has 1 aromatic heterocycles. The van der Waals surface area contributed by atoms with E-state index in [9.17, 15) is 9.59 Å². The average molecular weight is 315 g/mol. The van der Waals surface area contributed by atoms with Crippen LogP contribution >= 0.6 is 0 Å². The lowest BCUT2D eigenvalue weighted by molar-refractivity contribution is 0.0240. The van der Waals surface area contributed by atoms with Gasteiger partial charge >= 0.3 is 6.09 Å². The highest BCUT2D eigenvalue weighted by Gasteiger charge is 2.30. The lowest BCUT2D eigenvalue weighted by atomic mass is 10.2. The van der Waals surface area contributed by atoms with Crippen LogP contribution in [0.5, 0.6) is 0 Å². The molecule has 1 aliphatic heterocycles. The molecule has 0 bridgehead atoms. The van der Waals surface area contributed by atoms with Gasteiger partial charge in [0.15, 0.2) is 0 Å². The summed E-state index contributed by atoms with van der Waals surface area (Å²) in [5, 5.41) is 0. The van der Waals surface area contributed by atoms with E-state index >= 15 is 0 Å². The van der Waals surface area contributed by atoms with Crippen molar-refractivity contribution in [1.82, 2.24) is 14.9 Å². The number of nitrogens with zero attached hydrogens (tertiary/aromatic N) is 2. The molecule has 0 saturated heterocycles. The van der Waals surface area contributed by atoms with E-state index in [1.807, 2.05) is 0 Å². The molecular formula is C17H21N3O3. The minimum absolute atomic E-state index is 0.196. The van der Waals surface area contributed by atoms with Crippen LogP contribution in [0.2, 0.25) is 0 Å². The minimum Gasteiger partial charge on any atom is -0.444 e. The van der Waals surface area contributed by atoms with Crippen molar-refractivity contribution in [3.63, 3.8) is 0 Å². The van der Waals surface area contributed by atoms with Crippen molar-refractivity contribution in [1.29, 1.82) is 0 Å². The lowest BCUT2D eigenvalue weighted by Crippen LogP contribution is -2.33. The summed E-state index contributed by atoms with van der Waals surface area (Å²) >= 11 is 0. The fraction of sp³-hybridized carbons (Fsp3) is 0.353. The van der Waals surface area contributed by atoms with Gasteiger partial charge in [-0.25, -0.2) is 9.78 Å². The van der Waals surface area contributed by atoms with Crippen LogP contribution in [-0.2, 0) is 17.8 Å². The van der Waals surface area contributed by atoms with E-state index < -0.39 is 11.7 Å². The van der Waals surface area contributed by atoms with Gasteiger partial charge in [-0.05, 0) is 20.8 Å². The maximum absolute atomic E-state index is 12.2. The maximum atomic E-state index is 12.2. The second-order valence-corrected chi connectivity index (χ2v) is 6.24. The molecule has 0 fully saturated rings. The van der Waals surface area contributed by atoms with Gasteiger partial charge in [-0.3, -0.25) is 9.69 Å².